The largest absolute Gasteiger partial charge is 0.398 e. The Morgan fingerprint density at radius 1 is 1.56 bits per heavy atom. The van der Waals surface area contributed by atoms with E-state index in [-0.39, 0.29) is 11.9 Å². The van der Waals surface area contributed by atoms with Crippen molar-refractivity contribution in [2.24, 2.45) is 0 Å². The standard InChI is InChI=1S/C13H18ClN3O/c1-17-6-2-3-10(8-17)16-13(18)11-5-4-9(14)7-12(11)15/h4-5,7,10H,2-3,6,8,15H2,1H3,(H,16,18). The number of nitrogens with zero attached hydrogens (tertiary/aromatic N) is 1. The van der Waals surface area contributed by atoms with Crippen LogP contribution in [0.4, 0.5) is 5.69 Å². The summed E-state index contributed by atoms with van der Waals surface area (Å²) in [4.78, 5) is 14.3. The molecule has 1 aliphatic rings. The topological polar surface area (TPSA) is 58.4 Å². The van der Waals surface area contributed by atoms with Gasteiger partial charge >= 0.3 is 0 Å². The molecule has 0 spiro atoms. The maximum atomic E-state index is 12.1. The number of anilines is 1. The third-order valence-corrected chi connectivity index (χ3v) is 3.45. The average molecular weight is 268 g/mol. The molecule has 1 aromatic carbocycles. The first-order valence-corrected chi connectivity index (χ1v) is 6.48. The Hall–Kier alpha value is -1.26. The van der Waals surface area contributed by atoms with Crippen molar-refractivity contribution in [3.8, 4) is 0 Å². The van der Waals surface area contributed by atoms with E-state index >= 15 is 0 Å². The number of likely N-dealkylation sites (tertiary alicyclic amines) is 1. The molecular formula is C13H18ClN3O. The molecule has 0 radical (unpaired) electrons. The Labute approximate surface area is 112 Å². The molecule has 0 saturated carbocycles. The van der Waals surface area contributed by atoms with E-state index in [1.54, 1.807) is 18.2 Å². The first-order chi connectivity index (χ1) is 8.56. The van der Waals surface area contributed by atoms with Gasteiger partial charge in [-0.2, -0.15) is 0 Å². The van der Waals surface area contributed by atoms with Gasteiger partial charge in [-0.15, -0.1) is 0 Å². The molecule has 0 aromatic heterocycles. The average Bonchev–Trinajstić information content (AvgIpc) is 2.28. The number of rotatable bonds is 2. The molecular weight excluding hydrogens is 250 g/mol. The third kappa shape index (κ3) is 3.15. The molecule has 18 heavy (non-hydrogen) atoms. The normalized spacial score (nSPS) is 20.7. The maximum Gasteiger partial charge on any atom is 0.253 e. The van der Waals surface area contributed by atoms with Crippen LogP contribution in [0.1, 0.15) is 23.2 Å². The molecule has 98 valence electrons. The number of carbonyl (C=O) groups is 1. The summed E-state index contributed by atoms with van der Waals surface area (Å²) in [6, 6.07) is 5.15. The smallest absolute Gasteiger partial charge is 0.253 e. The number of carbonyl (C=O) groups excluding carboxylic acids is 1. The minimum absolute atomic E-state index is 0.121. The zero-order valence-corrected chi connectivity index (χ0v) is 11.2. The Morgan fingerprint density at radius 2 is 2.33 bits per heavy atom. The SMILES string of the molecule is CN1CCCC(NC(=O)c2ccc(Cl)cc2N)C1. The summed E-state index contributed by atoms with van der Waals surface area (Å²) in [7, 11) is 2.06. The van der Waals surface area contributed by atoms with Crippen molar-refractivity contribution >= 4 is 23.2 Å². The lowest BCUT2D eigenvalue weighted by Gasteiger charge is -2.30. The zero-order chi connectivity index (χ0) is 13.1. The van der Waals surface area contributed by atoms with Crippen LogP contribution in [0.5, 0.6) is 0 Å². The number of hydrogen-bond donors (Lipinski definition) is 2. The van der Waals surface area contributed by atoms with E-state index in [4.69, 9.17) is 17.3 Å². The van der Waals surface area contributed by atoms with E-state index in [9.17, 15) is 4.79 Å². The highest BCUT2D eigenvalue weighted by molar-refractivity contribution is 6.31. The Balaban J connectivity index is 2.03. The molecule has 1 aliphatic heterocycles. The Kier molecular flexibility index (Phi) is 4.09. The van der Waals surface area contributed by atoms with Crippen LogP contribution in [-0.4, -0.2) is 37.0 Å². The van der Waals surface area contributed by atoms with Crippen molar-refractivity contribution in [1.82, 2.24) is 10.2 Å². The minimum atomic E-state index is -0.121. The van der Waals surface area contributed by atoms with E-state index in [1.807, 2.05) is 0 Å². The molecule has 5 heteroatoms. The van der Waals surface area contributed by atoms with Crippen molar-refractivity contribution in [2.75, 3.05) is 25.9 Å². The van der Waals surface area contributed by atoms with Gasteiger partial charge in [0.25, 0.3) is 5.91 Å². The van der Waals surface area contributed by atoms with Crippen molar-refractivity contribution < 1.29 is 4.79 Å². The van der Waals surface area contributed by atoms with Crippen molar-refractivity contribution in [2.45, 2.75) is 18.9 Å². The van der Waals surface area contributed by atoms with Gasteiger partial charge in [-0.1, -0.05) is 11.6 Å². The maximum absolute atomic E-state index is 12.1. The van der Waals surface area contributed by atoms with Crippen molar-refractivity contribution in [3.63, 3.8) is 0 Å². The van der Waals surface area contributed by atoms with Crippen LogP contribution in [0.2, 0.25) is 5.02 Å². The summed E-state index contributed by atoms with van der Waals surface area (Å²) in [6.07, 6.45) is 2.13. The lowest BCUT2D eigenvalue weighted by molar-refractivity contribution is 0.0913. The van der Waals surface area contributed by atoms with Crippen molar-refractivity contribution in [1.29, 1.82) is 0 Å². The third-order valence-electron chi connectivity index (χ3n) is 3.22. The predicted octanol–water partition coefficient (Wildman–Crippen LogP) is 1.75. The van der Waals surface area contributed by atoms with Crippen LogP contribution in [-0.2, 0) is 0 Å². The molecule has 1 aromatic rings. The predicted molar refractivity (Wildman–Crippen MR) is 73.8 cm³/mol. The zero-order valence-electron chi connectivity index (χ0n) is 10.4. The fraction of sp³-hybridized carbons (Fsp3) is 0.462. The van der Waals surface area contributed by atoms with Gasteiger partial charge in [-0.3, -0.25) is 4.79 Å². The first kappa shape index (κ1) is 13.2. The molecule has 4 nitrogen and oxygen atoms in total. The number of likely N-dealkylation sites (N-methyl/N-ethyl adjacent to an activating group) is 1. The molecule has 1 fully saturated rings. The second-order valence-corrected chi connectivity index (χ2v) is 5.24. The van der Waals surface area contributed by atoms with E-state index < -0.39 is 0 Å². The molecule has 1 atom stereocenters. The summed E-state index contributed by atoms with van der Waals surface area (Å²) in [6.45, 7) is 1.98. The van der Waals surface area contributed by atoms with Crippen LogP contribution in [0.15, 0.2) is 18.2 Å². The molecule has 3 N–H and O–H groups in total. The van der Waals surface area contributed by atoms with E-state index in [2.05, 4.69) is 17.3 Å². The van der Waals surface area contributed by atoms with Gasteiger partial charge in [0.15, 0.2) is 0 Å². The number of nitrogen functional groups attached to an aromatic ring is 1. The van der Waals surface area contributed by atoms with Crippen LogP contribution in [0.3, 0.4) is 0 Å². The highest BCUT2D eigenvalue weighted by Crippen LogP contribution is 2.18. The Bertz CT molecular complexity index is 450. The van der Waals surface area contributed by atoms with Gasteiger partial charge in [-0.05, 0) is 44.6 Å². The second kappa shape index (κ2) is 5.59. The number of halogens is 1. The highest BCUT2D eigenvalue weighted by atomic mass is 35.5. The van der Waals surface area contributed by atoms with Gasteiger partial charge < -0.3 is 16.0 Å². The van der Waals surface area contributed by atoms with Gasteiger partial charge in [0.05, 0.1) is 5.56 Å². The van der Waals surface area contributed by atoms with Crippen LogP contribution >= 0.6 is 11.6 Å². The van der Waals surface area contributed by atoms with Crippen molar-refractivity contribution in [3.05, 3.63) is 28.8 Å². The highest BCUT2D eigenvalue weighted by Gasteiger charge is 2.20. The van der Waals surface area contributed by atoms with Crippen LogP contribution in [0.25, 0.3) is 0 Å². The van der Waals surface area contributed by atoms with Crippen LogP contribution in [0, 0.1) is 0 Å². The number of piperidine rings is 1. The number of amides is 1. The van der Waals surface area contributed by atoms with Crippen LogP contribution < -0.4 is 11.1 Å². The molecule has 1 heterocycles. The number of nitrogens with one attached hydrogen (secondary N) is 1. The lowest BCUT2D eigenvalue weighted by atomic mass is 10.1. The minimum Gasteiger partial charge on any atom is -0.398 e. The molecule has 1 amide bonds. The van der Waals surface area contributed by atoms with E-state index in [0.717, 1.165) is 25.9 Å². The van der Waals surface area contributed by atoms with Gasteiger partial charge in [-0.25, -0.2) is 0 Å². The fourth-order valence-corrected chi connectivity index (χ4v) is 2.47. The molecule has 1 saturated heterocycles. The quantitative estimate of drug-likeness (QED) is 0.803. The second-order valence-electron chi connectivity index (χ2n) is 4.81. The molecule has 0 bridgehead atoms. The van der Waals surface area contributed by atoms with Gasteiger partial charge in [0.2, 0.25) is 0 Å². The molecule has 2 rings (SSSR count). The van der Waals surface area contributed by atoms with Gasteiger partial charge in [0, 0.05) is 23.3 Å². The number of nitrogens with two attached hydrogens (primary N) is 1. The van der Waals surface area contributed by atoms with E-state index in [0.29, 0.717) is 16.3 Å². The summed E-state index contributed by atoms with van der Waals surface area (Å²) in [5.74, 6) is -0.121. The summed E-state index contributed by atoms with van der Waals surface area (Å²) in [5, 5.41) is 3.57. The first-order valence-electron chi connectivity index (χ1n) is 6.10. The monoisotopic (exact) mass is 267 g/mol. The summed E-state index contributed by atoms with van der Waals surface area (Å²) >= 11 is 5.81. The number of benzene rings is 1. The number of hydrogen-bond acceptors (Lipinski definition) is 3. The Morgan fingerprint density at radius 3 is 3.00 bits per heavy atom. The molecule has 1 unspecified atom stereocenters. The summed E-state index contributed by atoms with van der Waals surface area (Å²) in [5.41, 5.74) is 6.71. The molecule has 0 aliphatic carbocycles. The lowest BCUT2D eigenvalue weighted by Crippen LogP contribution is -2.46. The summed E-state index contributed by atoms with van der Waals surface area (Å²) < 4.78 is 0. The van der Waals surface area contributed by atoms with Gasteiger partial charge in [0.1, 0.15) is 0 Å². The fourth-order valence-electron chi connectivity index (χ4n) is 2.29. The van der Waals surface area contributed by atoms with E-state index in [1.165, 1.54) is 0 Å².